The molecule has 16 heavy (non-hydrogen) atoms. The fourth-order valence-corrected chi connectivity index (χ4v) is 2.60. The number of carbonyl (C=O) groups is 1. The van der Waals surface area contributed by atoms with Gasteiger partial charge in [0, 0.05) is 6.42 Å². The normalized spacial score (nSPS) is 22.9. The Balaban J connectivity index is 2.34. The summed E-state index contributed by atoms with van der Waals surface area (Å²) >= 11 is 0. The Morgan fingerprint density at radius 1 is 1.50 bits per heavy atom. The molecule has 0 bridgehead atoms. The van der Waals surface area contributed by atoms with Crippen LogP contribution in [0.4, 0.5) is 0 Å². The highest BCUT2D eigenvalue weighted by atomic mass is 16.5. The van der Waals surface area contributed by atoms with Crippen molar-refractivity contribution in [1.82, 2.24) is 0 Å². The Kier molecular flexibility index (Phi) is 2.86. The summed E-state index contributed by atoms with van der Waals surface area (Å²) in [5.74, 6) is 1.39. The molecule has 0 saturated carbocycles. The number of carbonyl (C=O) groups excluding carboxylic acids is 1. The highest BCUT2D eigenvalue weighted by Gasteiger charge is 2.29. The van der Waals surface area contributed by atoms with E-state index in [1.807, 2.05) is 12.1 Å². The minimum Gasteiger partial charge on any atom is -0.497 e. The van der Waals surface area contributed by atoms with Crippen LogP contribution in [0, 0.1) is 0 Å². The first-order valence-electron chi connectivity index (χ1n) is 5.58. The first kappa shape index (κ1) is 11.0. The second-order valence-corrected chi connectivity index (χ2v) is 4.50. The average Bonchev–Trinajstić information content (AvgIpc) is 2.54. The summed E-state index contributed by atoms with van der Waals surface area (Å²) in [5.41, 5.74) is 7.83. The third-order valence-corrected chi connectivity index (χ3v) is 3.35. The van der Waals surface area contributed by atoms with Gasteiger partial charge in [0.05, 0.1) is 7.11 Å². The maximum Gasteiger partial charge on any atom is 0.218 e. The molecule has 2 rings (SSSR count). The SMILES string of the molecule is COc1ccc2c(c1)C(CC(N)=O)CC2C. The van der Waals surface area contributed by atoms with Crippen LogP contribution in [-0.2, 0) is 4.79 Å². The second kappa shape index (κ2) is 4.16. The van der Waals surface area contributed by atoms with Gasteiger partial charge in [-0.2, -0.15) is 0 Å². The largest absolute Gasteiger partial charge is 0.497 e. The molecule has 0 saturated heterocycles. The van der Waals surface area contributed by atoms with E-state index in [4.69, 9.17) is 10.5 Å². The maximum atomic E-state index is 11.0. The minimum absolute atomic E-state index is 0.229. The molecule has 0 aliphatic heterocycles. The van der Waals surface area contributed by atoms with E-state index in [0.29, 0.717) is 12.3 Å². The van der Waals surface area contributed by atoms with E-state index < -0.39 is 0 Å². The first-order valence-corrected chi connectivity index (χ1v) is 5.58. The fourth-order valence-electron chi connectivity index (χ4n) is 2.60. The van der Waals surface area contributed by atoms with Crippen molar-refractivity contribution in [3.05, 3.63) is 29.3 Å². The zero-order chi connectivity index (χ0) is 11.7. The molecule has 1 aliphatic carbocycles. The molecule has 2 unspecified atom stereocenters. The topological polar surface area (TPSA) is 52.3 Å². The summed E-state index contributed by atoms with van der Waals surface area (Å²) < 4.78 is 5.21. The molecule has 1 aromatic carbocycles. The third kappa shape index (κ3) is 1.90. The predicted molar refractivity (Wildman–Crippen MR) is 62.6 cm³/mol. The lowest BCUT2D eigenvalue weighted by Gasteiger charge is -2.10. The van der Waals surface area contributed by atoms with Crippen molar-refractivity contribution in [1.29, 1.82) is 0 Å². The average molecular weight is 219 g/mol. The van der Waals surface area contributed by atoms with Crippen molar-refractivity contribution in [3.8, 4) is 5.75 Å². The molecule has 86 valence electrons. The molecule has 3 nitrogen and oxygen atoms in total. The molecule has 2 atom stereocenters. The number of hydrogen-bond acceptors (Lipinski definition) is 2. The molecule has 1 amide bonds. The lowest BCUT2D eigenvalue weighted by molar-refractivity contribution is -0.118. The van der Waals surface area contributed by atoms with Crippen molar-refractivity contribution in [3.63, 3.8) is 0 Å². The number of ether oxygens (including phenoxy) is 1. The Bertz CT molecular complexity index is 414. The highest BCUT2D eigenvalue weighted by Crippen LogP contribution is 2.44. The zero-order valence-corrected chi connectivity index (χ0v) is 9.69. The van der Waals surface area contributed by atoms with Gasteiger partial charge in [-0.05, 0) is 41.5 Å². The second-order valence-electron chi connectivity index (χ2n) is 4.50. The van der Waals surface area contributed by atoms with Crippen LogP contribution in [0.25, 0.3) is 0 Å². The number of primary amides is 1. The lowest BCUT2D eigenvalue weighted by Crippen LogP contribution is -2.14. The van der Waals surface area contributed by atoms with Crippen LogP contribution < -0.4 is 10.5 Å². The molecule has 2 N–H and O–H groups in total. The molecule has 0 radical (unpaired) electrons. The summed E-state index contributed by atoms with van der Waals surface area (Å²) in [7, 11) is 1.66. The molecule has 1 aromatic rings. The van der Waals surface area contributed by atoms with Crippen molar-refractivity contribution in [2.24, 2.45) is 5.73 Å². The van der Waals surface area contributed by atoms with Gasteiger partial charge < -0.3 is 10.5 Å². The van der Waals surface area contributed by atoms with Crippen LogP contribution >= 0.6 is 0 Å². The molecule has 1 aliphatic rings. The first-order chi connectivity index (χ1) is 7.61. The number of rotatable bonds is 3. The van der Waals surface area contributed by atoms with Gasteiger partial charge in [-0.3, -0.25) is 4.79 Å². The number of amides is 1. The van der Waals surface area contributed by atoms with Crippen molar-refractivity contribution in [2.75, 3.05) is 7.11 Å². The van der Waals surface area contributed by atoms with Crippen LogP contribution in [0.1, 0.15) is 42.7 Å². The summed E-state index contributed by atoms with van der Waals surface area (Å²) in [4.78, 5) is 11.0. The molecule has 0 fully saturated rings. The van der Waals surface area contributed by atoms with Gasteiger partial charge in [-0.15, -0.1) is 0 Å². The number of nitrogens with two attached hydrogens (primary N) is 1. The van der Waals surface area contributed by atoms with Crippen molar-refractivity contribution < 1.29 is 9.53 Å². The van der Waals surface area contributed by atoms with E-state index >= 15 is 0 Å². The van der Waals surface area contributed by atoms with Crippen LogP contribution in [-0.4, -0.2) is 13.0 Å². The molecular weight excluding hydrogens is 202 g/mol. The number of hydrogen-bond donors (Lipinski definition) is 1. The fraction of sp³-hybridized carbons (Fsp3) is 0.462. The van der Waals surface area contributed by atoms with Gasteiger partial charge in [0.25, 0.3) is 0 Å². The van der Waals surface area contributed by atoms with E-state index in [1.54, 1.807) is 7.11 Å². The maximum absolute atomic E-state index is 11.0. The Labute approximate surface area is 95.6 Å². The van der Waals surface area contributed by atoms with Gasteiger partial charge in [0.2, 0.25) is 5.91 Å². The minimum atomic E-state index is -0.229. The standard InChI is InChI=1S/C13H17NO2/c1-8-5-9(6-13(14)15)12-7-10(16-2)3-4-11(8)12/h3-4,7-9H,5-6H2,1-2H3,(H2,14,15). The monoisotopic (exact) mass is 219 g/mol. The van der Waals surface area contributed by atoms with Gasteiger partial charge >= 0.3 is 0 Å². The summed E-state index contributed by atoms with van der Waals surface area (Å²) in [6, 6.07) is 6.11. The van der Waals surface area contributed by atoms with E-state index in [1.165, 1.54) is 11.1 Å². The highest BCUT2D eigenvalue weighted by molar-refractivity contribution is 5.75. The number of fused-ring (bicyclic) bond motifs is 1. The van der Waals surface area contributed by atoms with E-state index in [-0.39, 0.29) is 11.8 Å². The van der Waals surface area contributed by atoms with Crippen LogP contribution in [0.15, 0.2) is 18.2 Å². The Morgan fingerprint density at radius 3 is 2.88 bits per heavy atom. The summed E-state index contributed by atoms with van der Waals surface area (Å²) in [6.45, 7) is 2.19. The van der Waals surface area contributed by atoms with Crippen LogP contribution in [0.2, 0.25) is 0 Å². The lowest BCUT2D eigenvalue weighted by atomic mass is 9.97. The zero-order valence-electron chi connectivity index (χ0n) is 9.69. The predicted octanol–water partition coefficient (Wildman–Crippen LogP) is 2.16. The van der Waals surface area contributed by atoms with E-state index in [2.05, 4.69) is 13.0 Å². The van der Waals surface area contributed by atoms with E-state index in [9.17, 15) is 4.79 Å². The molecule has 3 heteroatoms. The third-order valence-electron chi connectivity index (χ3n) is 3.35. The molecule has 0 spiro atoms. The van der Waals surface area contributed by atoms with E-state index in [0.717, 1.165) is 12.2 Å². The molecular formula is C13H17NO2. The quantitative estimate of drug-likeness (QED) is 0.847. The molecule has 0 aromatic heterocycles. The van der Waals surface area contributed by atoms with Crippen LogP contribution in [0.3, 0.4) is 0 Å². The smallest absolute Gasteiger partial charge is 0.218 e. The van der Waals surface area contributed by atoms with Crippen molar-refractivity contribution >= 4 is 5.91 Å². The Hall–Kier alpha value is -1.51. The number of benzene rings is 1. The molecule has 0 heterocycles. The summed E-state index contributed by atoms with van der Waals surface area (Å²) in [5, 5.41) is 0. The number of methoxy groups -OCH3 is 1. The summed E-state index contributed by atoms with van der Waals surface area (Å²) in [6.07, 6.45) is 1.44. The van der Waals surface area contributed by atoms with Gasteiger partial charge in [0.1, 0.15) is 5.75 Å². The van der Waals surface area contributed by atoms with Gasteiger partial charge in [-0.1, -0.05) is 13.0 Å². The van der Waals surface area contributed by atoms with Gasteiger partial charge in [0.15, 0.2) is 0 Å². The van der Waals surface area contributed by atoms with Crippen LogP contribution in [0.5, 0.6) is 5.75 Å². The van der Waals surface area contributed by atoms with Gasteiger partial charge in [-0.25, -0.2) is 0 Å². The van der Waals surface area contributed by atoms with Crippen molar-refractivity contribution in [2.45, 2.75) is 31.6 Å². The Morgan fingerprint density at radius 2 is 2.25 bits per heavy atom.